The van der Waals surface area contributed by atoms with Crippen LogP contribution in [0, 0.1) is 0 Å². The Morgan fingerprint density at radius 1 is 1.64 bits per heavy atom. The number of nitrogen functional groups attached to an aromatic ring is 1. The second-order valence-corrected chi connectivity index (χ2v) is 3.46. The fraction of sp³-hybridized carbons (Fsp3) is 0.500. The predicted octanol–water partition coefficient (Wildman–Crippen LogP) is -1.11. The molecule has 1 saturated heterocycles. The van der Waals surface area contributed by atoms with Gasteiger partial charge in [-0.2, -0.15) is 0 Å². The molecule has 0 spiro atoms. The lowest BCUT2D eigenvalue weighted by molar-refractivity contribution is 0.751. The van der Waals surface area contributed by atoms with Gasteiger partial charge < -0.3 is 21.4 Å². The number of nitrogens with one attached hydrogen (secondary N) is 1. The van der Waals surface area contributed by atoms with Gasteiger partial charge in [-0.15, -0.1) is 0 Å². The summed E-state index contributed by atoms with van der Waals surface area (Å²) >= 11 is 0. The third-order valence-corrected chi connectivity index (χ3v) is 2.39. The summed E-state index contributed by atoms with van der Waals surface area (Å²) in [6, 6.07) is 0.149. The van der Waals surface area contributed by atoms with Crippen molar-refractivity contribution < 1.29 is 0 Å². The van der Waals surface area contributed by atoms with Gasteiger partial charge in [0.25, 0.3) is 5.56 Å². The number of aromatic nitrogens is 2. The first-order valence-corrected chi connectivity index (χ1v) is 4.52. The van der Waals surface area contributed by atoms with E-state index < -0.39 is 0 Å². The van der Waals surface area contributed by atoms with Crippen LogP contribution in [0.4, 0.5) is 11.5 Å². The zero-order valence-corrected chi connectivity index (χ0v) is 7.73. The van der Waals surface area contributed by atoms with Crippen molar-refractivity contribution in [2.45, 2.75) is 12.5 Å². The Balaban J connectivity index is 2.33. The predicted molar refractivity (Wildman–Crippen MR) is 54.1 cm³/mol. The maximum absolute atomic E-state index is 11.2. The van der Waals surface area contributed by atoms with Gasteiger partial charge in [0, 0.05) is 19.1 Å². The smallest absolute Gasteiger partial charge is 0.276 e. The number of nitrogens with two attached hydrogens (primary N) is 2. The largest absolute Gasteiger partial charge is 0.391 e. The Labute approximate surface area is 80.9 Å². The van der Waals surface area contributed by atoms with Gasteiger partial charge in [-0.3, -0.25) is 4.79 Å². The fourth-order valence-electron chi connectivity index (χ4n) is 1.63. The Kier molecular flexibility index (Phi) is 2.12. The average Bonchev–Trinajstić information content (AvgIpc) is 2.57. The molecule has 0 amide bonds. The van der Waals surface area contributed by atoms with Crippen LogP contribution in [0.1, 0.15) is 6.42 Å². The molecule has 6 nitrogen and oxygen atoms in total. The zero-order valence-electron chi connectivity index (χ0n) is 7.73. The highest BCUT2D eigenvalue weighted by molar-refractivity contribution is 5.61. The second kappa shape index (κ2) is 3.30. The molecule has 0 radical (unpaired) electrons. The average molecular weight is 195 g/mol. The van der Waals surface area contributed by atoms with Gasteiger partial charge in [-0.25, -0.2) is 4.98 Å². The van der Waals surface area contributed by atoms with Crippen LogP contribution < -0.4 is 21.9 Å². The lowest BCUT2D eigenvalue weighted by Crippen LogP contribution is -2.29. The van der Waals surface area contributed by atoms with Gasteiger partial charge in [0.1, 0.15) is 5.69 Å². The van der Waals surface area contributed by atoms with Crippen molar-refractivity contribution in [2.75, 3.05) is 23.7 Å². The summed E-state index contributed by atoms with van der Waals surface area (Å²) in [7, 11) is 0. The molecule has 0 saturated carbocycles. The van der Waals surface area contributed by atoms with Crippen LogP contribution in [0.25, 0.3) is 0 Å². The normalized spacial score (nSPS) is 21.5. The Morgan fingerprint density at radius 2 is 2.43 bits per heavy atom. The highest BCUT2D eigenvalue weighted by Gasteiger charge is 2.22. The Hall–Kier alpha value is -1.56. The maximum atomic E-state index is 11.2. The Bertz CT molecular complexity index is 388. The van der Waals surface area contributed by atoms with Crippen LogP contribution in [0.2, 0.25) is 0 Å². The van der Waals surface area contributed by atoms with Gasteiger partial charge in [0.15, 0.2) is 5.82 Å². The number of anilines is 2. The summed E-state index contributed by atoms with van der Waals surface area (Å²) in [5.41, 5.74) is 11.2. The molecule has 2 rings (SSSR count). The van der Waals surface area contributed by atoms with E-state index in [1.54, 1.807) is 0 Å². The van der Waals surface area contributed by atoms with Crippen molar-refractivity contribution in [1.29, 1.82) is 0 Å². The number of H-pyrrole nitrogens is 1. The van der Waals surface area contributed by atoms with E-state index in [0.717, 1.165) is 13.0 Å². The summed E-state index contributed by atoms with van der Waals surface area (Å²) in [4.78, 5) is 19.6. The fourth-order valence-corrected chi connectivity index (χ4v) is 1.63. The molecule has 1 fully saturated rings. The first-order chi connectivity index (χ1) is 6.68. The van der Waals surface area contributed by atoms with Crippen LogP contribution in [0.15, 0.2) is 11.1 Å². The summed E-state index contributed by atoms with van der Waals surface area (Å²) in [5, 5.41) is 0. The molecule has 6 heteroatoms. The van der Waals surface area contributed by atoms with Gasteiger partial charge in [-0.05, 0) is 6.42 Å². The number of hydrogen-bond acceptors (Lipinski definition) is 5. The zero-order chi connectivity index (χ0) is 10.1. The third kappa shape index (κ3) is 1.44. The SMILES string of the molecule is Nc1c(N2CCC(N)C2)nc[nH]c1=O. The van der Waals surface area contributed by atoms with Crippen molar-refractivity contribution in [2.24, 2.45) is 5.73 Å². The van der Waals surface area contributed by atoms with E-state index >= 15 is 0 Å². The summed E-state index contributed by atoms with van der Waals surface area (Å²) in [6.07, 6.45) is 2.27. The van der Waals surface area contributed by atoms with Crippen molar-refractivity contribution in [3.63, 3.8) is 0 Å². The van der Waals surface area contributed by atoms with Crippen LogP contribution >= 0.6 is 0 Å². The standard InChI is InChI=1S/C8H13N5O/c9-5-1-2-13(3-5)7-6(10)8(14)12-4-11-7/h4-5H,1-3,9-10H2,(H,11,12,14). The van der Waals surface area contributed by atoms with E-state index in [4.69, 9.17) is 11.5 Å². The second-order valence-electron chi connectivity index (χ2n) is 3.46. The highest BCUT2D eigenvalue weighted by Crippen LogP contribution is 2.19. The van der Waals surface area contributed by atoms with E-state index in [1.807, 2.05) is 4.90 Å². The van der Waals surface area contributed by atoms with Gasteiger partial charge >= 0.3 is 0 Å². The van der Waals surface area contributed by atoms with Crippen molar-refractivity contribution in [3.8, 4) is 0 Å². The molecule has 0 aromatic carbocycles. The topological polar surface area (TPSA) is 101 Å². The molecule has 0 bridgehead atoms. The summed E-state index contributed by atoms with van der Waals surface area (Å²) in [5.74, 6) is 0.543. The lowest BCUT2D eigenvalue weighted by Gasteiger charge is -2.17. The minimum absolute atomic E-state index is 0.149. The first-order valence-electron chi connectivity index (χ1n) is 4.52. The molecule has 14 heavy (non-hydrogen) atoms. The molecule has 1 unspecified atom stereocenters. The van der Waals surface area contributed by atoms with Gasteiger partial charge in [-0.1, -0.05) is 0 Å². The molecule has 76 valence electrons. The van der Waals surface area contributed by atoms with Crippen molar-refractivity contribution in [3.05, 3.63) is 16.7 Å². The van der Waals surface area contributed by atoms with Crippen LogP contribution in [-0.4, -0.2) is 29.1 Å². The minimum Gasteiger partial charge on any atom is -0.391 e. The van der Waals surface area contributed by atoms with Gasteiger partial charge in [0.2, 0.25) is 0 Å². The van der Waals surface area contributed by atoms with Crippen LogP contribution in [0.3, 0.4) is 0 Å². The maximum Gasteiger partial charge on any atom is 0.276 e. The number of hydrogen-bond donors (Lipinski definition) is 3. The monoisotopic (exact) mass is 195 g/mol. The van der Waals surface area contributed by atoms with Crippen molar-refractivity contribution in [1.82, 2.24) is 9.97 Å². The molecule has 1 aliphatic heterocycles. The van der Waals surface area contributed by atoms with Crippen molar-refractivity contribution >= 4 is 11.5 Å². The van der Waals surface area contributed by atoms with E-state index in [0.29, 0.717) is 12.4 Å². The molecule has 1 atom stereocenters. The number of rotatable bonds is 1. The van der Waals surface area contributed by atoms with E-state index in [9.17, 15) is 4.79 Å². The molecular weight excluding hydrogens is 182 g/mol. The summed E-state index contributed by atoms with van der Waals surface area (Å²) in [6.45, 7) is 1.52. The Morgan fingerprint density at radius 3 is 3.07 bits per heavy atom. The van der Waals surface area contributed by atoms with E-state index in [1.165, 1.54) is 6.33 Å². The number of nitrogens with zero attached hydrogens (tertiary/aromatic N) is 2. The molecule has 5 N–H and O–H groups in total. The van der Waals surface area contributed by atoms with Crippen LogP contribution in [0.5, 0.6) is 0 Å². The number of aromatic amines is 1. The summed E-state index contributed by atoms with van der Waals surface area (Å²) < 4.78 is 0. The first kappa shape index (κ1) is 9.01. The van der Waals surface area contributed by atoms with Crippen LogP contribution in [-0.2, 0) is 0 Å². The molecule has 1 aromatic rings. The minimum atomic E-state index is -0.296. The van der Waals surface area contributed by atoms with E-state index in [-0.39, 0.29) is 17.3 Å². The third-order valence-electron chi connectivity index (χ3n) is 2.39. The molecule has 1 aromatic heterocycles. The molecule has 0 aliphatic carbocycles. The molecule has 1 aliphatic rings. The highest BCUT2D eigenvalue weighted by atomic mass is 16.1. The lowest BCUT2D eigenvalue weighted by atomic mass is 10.3. The molecular formula is C8H13N5O. The quantitative estimate of drug-likeness (QED) is 0.527. The van der Waals surface area contributed by atoms with Gasteiger partial charge in [0.05, 0.1) is 6.33 Å². The van der Waals surface area contributed by atoms with E-state index in [2.05, 4.69) is 9.97 Å². The molecule has 2 heterocycles.